The number of carbonyl (C=O) groups excluding carboxylic acids is 4. The molecule has 2 saturated carbocycles. The number of nitrogens with zero attached hydrogens (tertiary/aromatic N) is 3. The number of nitrogens with one attached hydrogen (secondary N) is 1. The molecule has 10 nitrogen and oxygen atoms in total. The second kappa shape index (κ2) is 24.7. The first kappa shape index (κ1) is 53.9. The maximum atomic E-state index is 14.3. The van der Waals surface area contributed by atoms with Crippen molar-refractivity contribution in [2.45, 2.75) is 176 Å². The fourth-order valence-corrected chi connectivity index (χ4v) is 12.9. The number of H-pyrrole nitrogens is 1. The Bertz CT molecular complexity index is 2440. The Morgan fingerprint density at radius 3 is 2.27 bits per heavy atom. The number of aliphatic imine (C=N–C) groups is 1. The predicted octanol–water partition coefficient (Wildman–Crippen LogP) is 14.5. The first-order valence-electron chi connectivity index (χ1n) is 27.7. The molecule has 0 spiro atoms. The van der Waals surface area contributed by atoms with Gasteiger partial charge in [0.05, 0.1) is 42.9 Å². The molecule has 2 fully saturated rings. The lowest BCUT2D eigenvalue weighted by Gasteiger charge is -2.34. The molecule has 9 unspecified atom stereocenters. The highest BCUT2D eigenvalue weighted by Gasteiger charge is 2.41. The first-order valence-corrected chi connectivity index (χ1v) is 27.7. The lowest BCUT2D eigenvalue weighted by molar-refractivity contribution is -0.146. The smallest absolute Gasteiger partial charge is 0.409 e. The zero-order valence-electron chi connectivity index (χ0n) is 45.0. The molecule has 1 aliphatic heterocycles. The van der Waals surface area contributed by atoms with Crippen LogP contribution in [0.5, 0.6) is 0 Å². The van der Waals surface area contributed by atoms with Gasteiger partial charge >= 0.3 is 12.1 Å². The van der Waals surface area contributed by atoms with E-state index >= 15 is 0 Å². The van der Waals surface area contributed by atoms with Crippen LogP contribution in [-0.2, 0) is 30.3 Å². The minimum absolute atomic E-state index is 0.0303. The molecule has 0 bridgehead atoms. The highest BCUT2D eigenvalue weighted by molar-refractivity contribution is 5.91. The number of allylic oxidation sites excluding steroid dienone is 4. The number of imidazole rings is 1. The summed E-state index contributed by atoms with van der Waals surface area (Å²) < 4.78 is 10.1. The van der Waals surface area contributed by atoms with Gasteiger partial charge in [0.25, 0.3) is 0 Å². The summed E-state index contributed by atoms with van der Waals surface area (Å²) in [7, 11) is 4.49. The second-order valence-electron chi connectivity index (χ2n) is 22.9. The van der Waals surface area contributed by atoms with Crippen LogP contribution in [0.4, 0.5) is 10.5 Å². The van der Waals surface area contributed by atoms with Gasteiger partial charge in [0, 0.05) is 36.9 Å². The number of aryl methyl sites for hydroxylation is 1. The number of ketones is 2. The maximum Gasteiger partial charge on any atom is 0.409 e. The molecule has 1 amide bonds. The molecule has 1 N–H and O–H groups in total. The number of amides is 1. The van der Waals surface area contributed by atoms with Crippen molar-refractivity contribution < 1.29 is 28.7 Å². The third-order valence-corrected chi connectivity index (χ3v) is 17.3. The minimum Gasteiger partial charge on any atom is -0.469 e. The van der Waals surface area contributed by atoms with Gasteiger partial charge in [0.1, 0.15) is 11.6 Å². The lowest BCUT2D eigenvalue weighted by atomic mass is 9.76. The van der Waals surface area contributed by atoms with E-state index in [2.05, 4.69) is 81.2 Å². The number of aromatic nitrogens is 2. The largest absolute Gasteiger partial charge is 0.469 e. The SMILES string of the molecule is CCC(CC(C(=O)CC1CCCC(C2=Nc3ccc(C4=CC=C(c5ccc6nc(C7CCCCC(C(=O)C(C(C)C)N(C)C(=O)OC)C7C)[nH]c6c5)CC(C)CC4)cc3CCC2)CC1)C(C)C)C(=O)OC. The third-order valence-electron chi connectivity index (χ3n) is 17.3. The van der Waals surface area contributed by atoms with E-state index in [9.17, 15) is 19.2 Å². The van der Waals surface area contributed by atoms with Crippen molar-refractivity contribution in [2.24, 2.45) is 58.3 Å². The third kappa shape index (κ3) is 13.0. The number of hydrogen-bond acceptors (Lipinski definition) is 8. The number of carbonyl (C=O) groups is 4. The van der Waals surface area contributed by atoms with E-state index in [0.717, 1.165) is 119 Å². The van der Waals surface area contributed by atoms with Crippen molar-refractivity contribution in [1.29, 1.82) is 0 Å². The Balaban J connectivity index is 1.04. The van der Waals surface area contributed by atoms with Gasteiger partial charge in [-0.15, -0.1) is 0 Å². The zero-order valence-corrected chi connectivity index (χ0v) is 45.0. The number of rotatable bonds is 16. The van der Waals surface area contributed by atoms with Gasteiger partial charge in [-0.05, 0) is 171 Å². The Morgan fingerprint density at radius 1 is 0.789 bits per heavy atom. The maximum absolute atomic E-state index is 14.3. The van der Waals surface area contributed by atoms with Gasteiger partial charge in [0.2, 0.25) is 0 Å². The number of aromatic amines is 1. The fourth-order valence-electron chi connectivity index (χ4n) is 12.9. The van der Waals surface area contributed by atoms with E-state index in [0.29, 0.717) is 42.8 Å². The summed E-state index contributed by atoms with van der Waals surface area (Å²) in [6.45, 7) is 14.8. The molecule has 3 aromatic rings. The number of ether oxygens (including phenoxy) is 2. The van der Waals surface area contributed by atoms with Crippen LogP contribution in [0.3, 0.4) is 0 Å². The van der Waals surface area contributed by atoms with E-state index in [1.807, 2.05) is 20.8 Å². The molecule has 4 aliphatic rings. The molecule has 2 heterocycles. The first-order chi connectivity index (χ1) is 34.1. The number of esters is 1. The van der Waals surface area contributed by atoms with Crippen LogP contribution in [-0.4, -0.2) is 71.5 Å². The Labute approximate surface area is 425 Å². The summed E-state index contributed by atoms with van der Waals surface area (Å²) in [6, 6.07) is 13.1. The summed E-state index contributed by atoms with van der Waals surface area (Å²) >= 11 is 0. The summed E-state index contributed by atoms with van der Waals surface area (Å²) in [5.41, 5.74) is 11.0. The van der Waals surface area contributed by atoms with E-state index in [1.165, 1.54) is 52.7 Å². The summed E-state index contributed by atoms with van der Waals surface area (Å²) in [4.78, 5) is 68.8. The molecule has 1 aromatic heterocycles. The van der Waals surface area contributed by atoms with Crippen LogP contribution in [0.15, 0.2) is 53.5 Å². The fraction of sp³-hybridized carbons (Fsp3) is 0.639. The Kier molecular flexibility index (Phi) is 18.8. The zero-order chi connectivity index (χ0) is 50.9. The summed E-state index contributed by atoms with van der Waals surface area (Å²) in [5, 5.41) is 0. The van der Waals surface area contributed by atoms with Crippen molar-refractivity contribution in [1.82, 2.24) is 14.9 Å². The molecule has 2 aromatic carbocycles. The molecule has 3 aliphatic carbocycles. The number of methoxy groups -OCH3 is 2. The average Bonchev–Trinajstić information content (AvgIpc) is 3.47. The van der Waals surface area contributed by atoms with Gasteiger partial charge in [-0.3, -0.25) is 19.4 Å². The normalized spacial score (nSPS) is 24.6. The number of fused-ring (bicyclic) bond motifs is 2. The van der Waals surface area contributed by atoms with Crippen LogP contribution < -0.4 is 0 Å². The van der Waals surface area contributed by atoms with Crippen LogP contribution in [0, 0.1) is 53.3 Å². The molecule has 0 saturated heterocycles. The van der Waals surface area contributed by atoms with Gasteiger partial charge in [-0.2, -0.15) is 0 Å². The van der Waals surface area contributed by atoms with Gasteiger partial charge in [-0.25, -0.2) is 9.78 Å². The summed E-state index contributed by atoms with van der Waals surface area (Å²) in [6.07, 6.45) is 21.7. The summed E-state index contributed by atoms with van der Waals surface area (Å²) in [5.74, 6) is 2.44. The molecule has 386 valence electrons. The molecule has 0 radical (unpaired) electrons. The van der Waals surface area contributed by atoms with E-state index < -0.39 is 12.1 Å². The van der Waals surface area contributed by atoms with E-state index in [-0.39, 0.29) is 53.2 Å². The highest BCUT2D eigenvalue weighted by Crippen LogP contribution is 2.43. The van der Waals surface area contributed by atoms with Crippen LogP contribution >= 0.6 is 0 Å². The topological polar surface area (TPSA) is 131 Å². The predicted molar refractivity (Wildman–Crippen MR) is 288 cm³/mol. The van der Waals surface area contributed by atoms with Crippen molar-refractivity contribution >= 4 is 57.2 Å². The lowest BCUT2D eigenvalue weighted by Crippen LogP contribution is -2.49. The van der Waals surface area contributed by atoms with E-state index in [1.54, 1.807) is 7.05 Å². The molecule has 9 atom stereocenters. The van der Waals surface area contributed by atoms with Crippen LogP contribution in [0.2, 0.25) is 0 Å². The standard InChI is InChI=1S/C61H86N4O6/c1-11-42(60(68)70-9)35-51(37(2)3)56(66)33-41-16-14-17-44(25-23-41)52-21-15-18-48-34-46(28-30-53(48)62-52)43-24-22-39(6)32-45(27-26-43)47-29-31-54-55(36-47)64-59(63-54)50-20-13-12-19-49(40(50)7)58(67)57(38(4)5)65(8)61(69)71-10/h26-31,34,36-42,44,49-51,57H,11-25,32-33,35H2,1-10H3,(H,63,64). The average molecular weight is 971 g/mol. The Morgan fingerprint density at radius 2 is 1.54 bits per heavy atom. The molecular weight excluding hydrogens is 885 g/mol. The number of likely N-dealkylation sites (N-methyl/N-ethyl adjacent to an activating group) is 1. The monoisotopic (exact) mass is 971 g/mol. The van der Waals surface area contributed by atoms with Gasteiger partial charge in [-0.1, -0.05) is 98.4 Å². The van der Waals surface area contributed by atoms with Crippen molar-refractivity contribution in [3.63, 3.8) is 0 Å². The van der Waals surface area contributed by atoms with Crippen molar-refractivity contribution in [3.05, 3.63) is 71.1 Å². The molecule has 10 heteroatoms. The number of Topliss-reactive ketones (excluding diaryl/α,β-unsaturated/α-hetero) is 2. The van der Waals surface area contributed by atoms with Crippen LogP contribution in [0.1, 0.15) is 186 Å². The quantitative estimate of drug-likeness (QED) is 0.112. The molecule has 7 rings (SSSR count). The van der Waals surface area contributed by atoms with Crippen LogP contribution in [0.25, 0.3) is 22.2 Å². The number of benzene rings is 2. The van der Waals surface area contributed by atoms with Gasteiger partial charge in [0.15, 0.2) is 5.78 Å². The van der Waals surface area contributed by atoms with Gasteiger partial charge < -0.3 is 19.4 Å². The highest BCUT2D eigenvalue weighted by atomic mass is 16.5. The Hall–Kier alpha value is -4.86. The molecule has 71 heavy (non-hydrogen) atoms. The molecular formula is C61H86N4O6. The second-order valence-corrected chi connectivity index (χ2v) is 22.9. The van der Waals surface area contributed by atoms with Crippen molar-refractivity contribution in [2.75, 3.05) is 21.3 Å². The minimum atomic E-state index is -0.538. The number of hydrogen-bond donors (Lipinski definition) is 1. The van der Waals surface area contributed by atoms with E-state index in [4.69, 9.17) is 19.5 Å². The van der Waals surface area contributed by atoms with Crippen molar-refractivity contribution in [3.8, 4) is 0 Å².